The fraction of sp³-hybridized carbons (Fsp3) is 0.250. The fourth-order valence-electron chi connectivity index (χ4n) is 1.79. The van der Waals surface area contributed by atoms with Crippen molar-refractivity contribution in [3.05, 3.63) is 47.3 Å². The van der Waals surface area contributed by atoms with Gasteiger partial charge in [-0.2, -0.15) is 0 Å². The van der Waals surface area contributed by atoms with Gasteiger partial charge < -0.3 is 9.67 Å². The Labute approximate surface area is 114 Å². The molecule has 0 aliphatic rings. The predicted octanol–water partition coefficient (Wildman–Crippen LogP) is 1.16. The SMILES string of the molecule is Cn1c(CO)cnc1S(=O)(=O)Cc1c(F)cccc1F. The first-order valence-electron chi connectivity index (χ1n) is 5.64. The Kier molecular flexibility index (Phi) is 3.87. The van der Waals surface area contributed by atoms with E-state index >= 15 is 0 Å². The predicted molar refractivity (Wildman–Crippen MR) is 66.4 cm³/mol. The molecule has 1 aromatic heterocycles. The summed E-state index contributed by atoms with van der Waals surface area (Å²) < 4.78 is 52.5. The van der Waals surface area contributed by atoms with Crippen LogP contribution in [0.3, 0.4) is 0 Å². The average molecular weight is 302 g/mol. The molecular weight excluding hydrogens is 290 g/mol. The summed E-state index contributed by atoms with van der Waals surface area (Å²) in [4.78, 5) is 3.68. The van der Waals surface area contributed by atoms with E-state index in [0.29, 0.717) is 0 Å². The van der Waals surface area contributed by atoms with Crippen LogP contribution in [0.1, 0.15) is 11.3 Å². The first-order chi connectivity index (χ1) is 9.36. The zero-order chi connectivity index (χ0) is 14.9. The molecule has 0 spiro atoms. The van der Waals surface area contributed by atoms with Gasteiger partial charge in [-0.05, 0) is 12.1 Å². The third kappa shape index (κ3) is 2.56. The molecule has 0 amide bonds. The maximum absolute atomic E-state index is 13.5. The molecule has 1 aromatic carbocycles. The van der Waals surface area contributed by atoms with Gasteiger partial charge in [-0.25, -0.2) is 22.2 Å². The molecule has 1 N–H and O–H groups in total. The highest BCUT2D eigenvalue weighted by Gasteiger charge is 2.25. The van der Waals surface area contributed by atoms with Gasteiger partial charge in [0.25, 0.3) is 0 Å². The second-order valence-corrected chi connectivity index (χ2v) is 6.09. The molecule has 0 unspecified atom stereocenters. The van der Waals surface area contributed by atoms with Gasteiger partial charge in [-0.3, -0.25) is 0 Å². The molecule has 0 aliphatic heterocycles. The van der Waals surface area contributed by atoms with E-state index in [1.165, 1.54) is 17.8 Å². The third-order valence-corrected chi connectivity index (χ3v) is 4.48. The maximum atomic E-state index is 13.5. The van der Waals surface area contributed by atoms with Crippen LogP contribution in [0, 0.1) is 11.6 Å². The van der Waals surface area contributed by atoms with Crippen LogP contribution >= 0.6 is 0 Å². The second-order valence-electron chi connectivity index (χ2n) is 4.21. The number of aliphatic hydroxyl groups is 1. The number of nitrogens with zero attached hydrogens (tertiary/aromatic N) is 2. The van der Waals surface area contributed by atoms with Crippen LogP contribution in [0.4, 0.5) is 8.78 Å². The minimum Gasteiger partial charge on any atom is -0.390 e. The Balaban J connectivity index is 2.44. The summed E-state index contributed by atoms with van der Waals surface area (Å²) in [5.74, 6) is -2.68. The van der Waals surface area contributed by atoms with Gasteiger partial charge >= 0.3 is 0 Å². The molecule has 0 aliphatic carbocycles. The number of halogens is 2. The van der Waals surface area contributed by atoms with Gasteiger partial charge in [0, 0.05) is 12.6 Å². The number of rotatable bonds is 4. The largest absolute Gasteiger partial charge is 0.390 e. The van der Waals surface area contributed by atoms with Crippen LogP contribution in [0.15, 0.2) is 29.6 Å². The topological polar surface area (TPSA) is 72.2 Å². The summed E-state index contributed by atoms with van der Waals surface area (Å²) in [5.41, 5.74) is -0.237. The Bertz CT molecular complexity index is 721. The van der Waals surface area contributed by atoms with E-state index in [1.54, 1.807) is 0 Å². The van der Waals surface area contributed by atoms with Crippen LogP contribution in [0.25, 0.3) is 0 Å². The van der Waals surface area contributed by atoms with E-state index in [4.69, 9.17) is 5.11 Å². The highest BCUT2D eigenvalue weighted by molar-refractivity contribution is 7.90. The molecule has 108 valence electrons. The van der Waals surface area contributed by atoms with Gasteiger partial charge in [0.05, 0.1) is 24.3 Å². The van der Waals surface area contributed by atoms with Gasteiger partial charge in [-0.15, -0.1) is 0 Å². The van der Waals surface area contributed by atoms with E-state index in [9.17, 15) is 17.2 Å². The van der Waals surface area contributed by atoms with Crippen molar-refractivity contribution in [1.82, 2.24) is 9.55 Å². The molecule has 0 radical (unpaired) electrons. The Morgan fingerprint density at radius 2 is 1.90 bits per heavy atom. The Morgan fingerprint density at radius 3 is 2.40 bits per heavy atom. The van der Waals surface area contributed by atoms with Crippen molar-refractivity contribution >= 4 is 9.84 Å². The third-order valence-electron chi connectivity index (χ3n) is 2.88. The lowest BCUT2D eigenvalue weighted by Gasteiger charge is -2.07. The van der Waals surface area contributed by atoms with Crippen LogP contribution < -0.4 is 0 Å². The minimum absolute atomic E-state index is 0.289. The van der Waals surface area contributed by atoms with E-state index in [1.807, 2.05) is 0 Å². The number of hydrogen-bond donors (Lipinski definition) is 1. The normalized spacial score (nSPS) is 11.8. The highest BCUT2D eigenvalue weighted by Crippen LogP contribution is 2.20. The number of benzene rings is 1. The number of sulfone groups is 1. The summed E-state index contributed by atoms with van der Waals surface area (Å²) in [7, 11) is -2.61. The molecule has 0 fully saturated rings. The van der Waals surface area contributed by atoms with Crippen molar-refractivity contribution in [3.63, 3.8) is 0 Å². The summed E-state index contributed by atoms with van der Waals surface area (Å²) in [6, 6.07) is 3.14. The summed E-state index contributed by atoms with van der Waals surface area (Å²) in [6.07, 6.45) is 1.20. The Hall–Kier alpha value is -1.80. The van der Waals surface area contributed by atoms with Crippen molar-refractivity contribution < 1.29 is 22.3 Å². The summed E-state index contributed by atoms with van der Waals surface area (Å²) in [5, 5.41) is 8.66. The van der Waals surface area contributed by atoms with E-state index in [2.05, 4.69) is 4.98 Å². The monoisotopic (exact) mass is 302 g/mol. The van der Waals surface area contributed by atoms with Crippen molar-refractivity contribution in [2.45, 2.75) is 17.5 Å². The number of imidazole rings is 1. The Morgan fingerprint density at radius 1 is 1.30 bits per heavy atom. The summed E-state index contributed by atoms with van der Waals surface area (Å²) in [6.45, 7) is -0.382. The lowest BCUT2D eigenvalue weighted by Crippen LogP contribution is -2.14. The zero-order valence-electron chi connectivity index (χ0n) is 10.5. The number of hydrogen-bond acceptors (Lipinski definition) is 4. The van der Waals surface area contributed by atoms with Gasteiger partial charge in [-0.1, -0.05) is 6.07 Å². The molecule has 0 saturated carbocycles. The number of aliphatic hydroxyl groups excluding tert-OH is 1. The van der Waals surface area contributed by atoms with Crippen LogP contribution in [-0.4, -0.2) is 23.1 Å². The lowest BCUT2D eigenvalue weighted by atomic mass is 10.2. The molecular formula is C12H12F2N2O3S. The second kappa shape index (κ2) is 5.29. The molecule has 0 saturated heterocycles. The zero-order valence-corrected chi connectivity index (χ0v) is 11.4. The highest BCUT2D eigenvalue weighted by atomic mass is 32.2. The molecule has 8 heteroatoms. The van der Waals surface area contributed by atoms with Crippen LogP contribution in [0.5, 0.6) is 0 Å². The van der Waals surface area contributed by atoms with Crippen molar-refractivity contribution in [2.24, 2.45) is 7.05 Å². The van der Waals surface area contributed by atoms with Crippen molar-refractivity contribution in [2.75, 3.05) is 0 Å². The molecule has 2 aromatic rings. The lowest BCUT2D eigenvalue weighted by molar-refractivity contribution is 0.271. The molecule has 20 heavy (non-hydrogen) atoms. The van der Waals surface area contributed by atoms with Crippen molar-refractivity contribution in [3.8, 4) is 0 Å². The fourth-order valence-corrected chi connectivity index (χ4v) is 3.32. The van der Waals surface area contributed by atoms with Crippen molar-refractivity contribution in [1.29, 1.82) is 0 Å². The summed E-state index contributed by atoms with van der Waals surface area (Å²) >= 11 is 0. The first-order valence-corrected chi connectivity index (χ1v) is 7.29. The number of aromatic nitrogens is 2. The molecule has 0 atom stereocenters. The molecule has 0 bridgehead atoms. The van der Waals surface area contributed by atoms with E-state index in [-0.39, 0.29) is 17.5 Å². The molecule has 1 heterocycles. The van der Waals surface area contributed by atoms with E-state index in [0.717, 1.165) is 18.2 Å². The quantitative estimate of drug-likeness (QED) is 0.920. The maximum Gasteiger partial charge on any atom is 0.227 e. The standard InChI is InChI=1S/C12H12F2N2O3S/c1-16-8(6-17)5-15-12(16)20(18,19)7-9-10(13)3-2-4-11(9)14/h2-5,17H,6-7H2,1H3. The molecule has 5 nitrogen and oxygen atoms in total. The van der Waals surface area contributed by atoms with E-state index < -0.39 is 32.8 Å². The van der Waals surface area contributed by atoms with Gasteiger partial charge in [0.1, 0.15) is 11.6 Å². The van der Waals surface area contributed by atoms with Gasteiger partial charge in [0.15, 0.2) is 0 Å². The average Bonchev–Trinajstić information content (AvgIpc) is 2.76. The van der Waals surface area contributed by atoms with Crippen LogP contribution in [-0.2, 0) is 29.2 Å². The smallest absolute Gasteiger partial charge is 0.227 e. The minimum atomic E-state index is -4.02. The first kappa shape index (κ1) is 14.6. The van der Waals surface area contributed by atoms with Gasteiger partial charge in [0.2, 0.25) is 15.0 Å². The van der Waals surface area contributed by atoms with Crippen LogP contribution in [0.2, 0.25) is 0 Å². The molecule has 2 rings (SSSR count).